The maximum absolute atomic E-state index is 12.1. The fraction of sp³-hybridized carbons (Fsp3) is 0.345. The molecule has 182 valence electrons. The van der Waals surface area contributed by atoms with Crippen LogP contribution in [0.2, 0.25) is 5.02 Å². The summed E-state index contributed by atoms with van der Waals surface area (Å²) in [7, 11) is 0. The van der Waals surface area contributed by atoms with Crippen molar-refractivity contribution in [2.45, 2.75) is 50.3 Å². The van der Waals surface area contributed by atoms with E-state index < -0.39 is 11.4 Å². The zero-order valence-corrected chi connectivity index (χ0v) is 20.5. The van der Waals surface area contributed by atoms with E-state index in [1.54, 1.807) is 0 Å². The lowest BCUT2D eigenvalue weighted by Crippen LogP contribution is -2.47. The smallest absolute Gasteiger partial charge is 0.198 e. The molecule has 3 aromatic carbocycles. The molecule has 0 amide bonds. The molecule has 3 atom stereocenters. The van der Waals surface area contributed by atoms with Crippen LogP contribution in [0.25, 0.3) is 0 Å². The van der Waals surface area contributed by atoms with Crippen molar-refractivity contribution >= 4 is 17.9 Å². The Balaban J connectivity index is 1.38. The molecule has 2 saturated heterocycles. The number of carbonyl (C=O) groups is 1. The van der Waals surface area contributed by atoms with Crippen LogP contribution >= 0.6 is 11.6 Å². The van der Waals surface area contributed by atoms with Crippen molar-refractivity contribution in [3.63, 3.8) is 0 Å². The fourth-order valence-corrected chi connectivity index (χ4v) is 5.08. The molecule has 0 aromatic heterocycles. The van der Waals surface area contributed by atoms with E-state index in [0.717, 1.165) is 34.3 Å². The molecule has 5 rings (SSSR count). The predicted molar refractivity (Wildman–Crippen MR) is 134 cm³/mol. The summed E-state index contributed by atoms with van der Waals surface area (Å²) in [5.74, 6) is -0.199. The van der Waals surface area contributed by atoms with Gasteiger partial charge in [-0.2, -0.15) is 0 Å². The number of benzene rings is 3. The molecule has 0 aliphatic carbocycles. The van der Waals surface area contributed by atoms with Crippen molar-refractivity contribution in [3.05, 3.63) is 100 Å². The average molecular weight is 493 g/mol. The van der Waals surface area contributed by atoms with Crippen molar-refractivity contribution in [1.82, 2.24) is 0 Å². The van der Waals surface area contributed by atoms with Gasteiger partial charge in [0.1, 0.15) is 5.75 Å². The number of aldehydes is 1. The lowest BCUT2D eigenvalue weighted by Gasteiger charge is -2.39. The Morgan fingerprint density at radius 2 is 1.83 bits per heavy atom. The van der Waals surface area contributed by atoms with E-state index in [1.807, 2.05) is 79.7 Å². The van der Waals surface area contributed by atoms with Gasteiger partial charge in [-0.1, -0.05) is 60.1 Å². The number of hydrogen-bond donors (Lipinski definition) is 0. The fourth-order valence-electron chi connectivity index (χ4n) is 4.89. The summed E-state index contributed by atoms with van der Waals surface area (Å²) in [5, 5.41) is 0.673. The Kier molecular flexibility index (Phi) is 6.94. The Morgan fingerprint density at radius 1 is 1.03 bits per heavy atom. The summed E-state index contributed by atoms with van der Waals surface area (Å²) in [4.78, 5) is 12.1. The summed E-state index contributed by atoms with van der Waals surface area (Å²) in [5.41, 5.74) is 3.01. The molecular formula is C29H29ClO5. The van der Waals surface area contributed by atoms with Crippen LogP contribution in [0.15, 0.2) is 72.8 Å². The van der Waals surface area contributed by atoms with Crippen molar-refractivity contribution in [2.24, 2.45) is 0 Å². The predicted octanol–water partition coefficient (Wildman–Crippen LogP) is 5.85. The summed E-state index contributed by atoms with van der Waals surface area (Å²) < 4.78 is 24.4. The number of halogens is 1. The van der Waals surface area contributed by atoms with Gasteiger partial charge in [-0.05, 0) is 54.3 Å². The van der Waals surface area contributed by atoms with Gasteiger partial charge in [-0.25, -0.2) is 0 Å². The largest absolute Gasteiger partial charge is 0.494 e. The van der Waals surface area contributed by atoms with Gasteiger partial charge >= 0.3 is 0 Å². The van der Waals surface area contributed by atoms with E-state index in [-0.39, 0.29) is 12.7 Å². The standard InChI is InChI=1S/C29H29ClO5/c1-2-32-25-11-8-21(9-12-25)14-23-15-24(10-13-27(23)30)29-17-26(16-28(19-31,35-29)20-34-29)33-18-22-6-4-3-5-7-22/h3-13,15,19,26H,2,14,16-18,20H2,1H3/t26?,28-,29+/m0/s1. The van der Waals surface area contributed by atoms with E-state index in [4.69, 9.17) is 30.5 Å². The molecule has 0 spiro atoms. The first-order valence-electron chi connectivity index (χ1n) is 12.0. The summed E-state index contributed by atoms with van der Waals surface area (Å²) in [6.07, 6.45) is 2.31. The van der Waals surface area contributed by atoms with Crippen LogP contribution in [0, 0.1) is 0 Å². The van der Waals surface area contributed by atoms with Gasteiger partial charge in [-0.3, -0.25) is 0 Å². The third-order valence-electron chi connectivity index (χ3n) is 6.65. The topological polar surface area (TPSA) is 54.0 Å². The number of fused-ring (bicyclic) bond motifs is 2. The number of ether oxygens (including phenoxy) is 4. The van der Waals surface area contributed by atoms with Crippen molar-refractivity contribution in [3.8, 4) is 5.75 Å². The molecule has 3 aromatic rings. The molecule has 2 aliphatic rings. The number of carbonyl (C=O) groups excluding carboxylic acids is 1. The van der Waals surface area contributed by atoms with E-state index in [2.05, 4.69) is 0 Å². The number of hydrogen-bond acceptors (Lipinski definition) is 5. The van der Waals surface area contributed by atoms with Gasteiger partial charge in [0.05, 0.1) is 25.9 Å². The molecular weight excluding hydrogens is 464 g/mol. The van der Waals surface area contributed by atoms with Crippen LogP contribution in [0.3, 0.4) is 0 Å². The molecule has 6 heteroatoms. The molecule has 35 heavy (non-hydrogen) atoms. The van der Waals surface area contributed by atoms with Crippen LogP contribution in [0.5, 0.6) is 5.75 Å². The highest BCUT2D eigenvalue weighted by Crippen LogP contribution is 2.50. The van der Waals surface area contributed by atoms with Crippen molar-refractivity contribution < 1.29 is 23.7 Å². The Hall–Kier alpha value is -2.70. The van der Waals surface area contributed by atoms with E-state index in [1.165, 1.54) is 0 Å². The molecule has 5 nitrogen and oxygen atoms in total. The monoisotopic (exact) mass is 492 g/mol. The highest BCUT2D eigenvalue weighted by molar-refractivity contribution is 6.31. The van der Waals surface area contributed by atoms with Gasteiger partial charge < -0.3 is 23.7 Å². The minimum absolute atomic E-state index is 0.179. The van der Waals surface area contributed by atoms with Crippen LogP contribution in [-0.4, -0.2) is 31.2 Å². The Morgan fingerprint density at radius 3 is 2.57 bits per heavy atom. The maximum atomic E-state index is 12.1. The molecule has 0 N–H and O–H groups in total. The van der Waals surface area contributed by atoms with E-state index in [9.17, 15) is 4.79 Å². The second-order valence-electron chi connectivity index (χ2n) is 9.21. The highest BCUT2D eigenvalue weighted by Gasteiger charge is 2.58. The van der Waals surface area contributed by atoms with Gasteiger partial charge in [0.15, 0.2) is 17.7 Å². The Bertz CT molecular complexity index is 1170. The lowest BCUT2D eigenvalue weighted by atomic mass is 9.88. The van der Waals surface area contributed by atoms with Gasteiger partial charge in [0.2, 0.25) is 0 Å². The minimum atomic E-state index is -1.04. The first kappa shape index (κ1) is 24.0. The summed E-state index contributed by atoms with van der Waals surface area (Å²) >= 11 is 6.58. The van der Waals surface area contributed by atoms with Crippen LogP contribution in [0.4, 0.5) is 0 Å². The molecule has 2 bridgehead atoms. The van der Waals surface area contributed by atoms with Crippen LogP contribution in [0.1, 0.15) is 42.0 Å². The minimum Gasteiger partial charge on any atom is -0.494 e. The first-order chi connectivity index (χ1) is 17.0. The molecule has 2 aliphatic heterocycles. The van der Waals surface area contributed by atoms with Gasteiger partial charge in [0.25, 0.3) is 0 Å². The quantitative estimate of drug-likeness (QED) is 0.351. The normalized spacial score (nSPS) is 25.4. The third kappa shape index (κ3) is 5.14. The molecule has 2 fully saturated rings. The second kappa shape index (κ2) is 10.1. The Labute approximate surface area is 210 Å². The SMILES string of the molecule is CCOc1ccc(Cc2cc([C@]34CC(OCc5ccccc5)C[C@](C=O)(CO3)O4)ccc2Cl)cc1. The molecule has 0 saturated carbocycles. The van der Waals surface area contributed by atoms with Crippen LogP contribution < -0.4 is 4.74 Å². The zero-order valence-electron chi connectivity index (χ0n) is 19.7. The zero-order chi connectivity index (χ0) is 24.3. The van der Waals surface area contributed by atoms with Crippen molar-refractivity contribution in [1.29, 1.82) is 0 Å². The summed E-state index contributed by atoms with van der Waals surface area (Å²) in [6, 6.07) is 23.9. The highest BCUT2D eigenvalue weighted by atomic mass is 35.5. The molecule has 0 radical (unpaired) electrons. The summed E-state index contributed by atoms with van der Waals surface area (Å²) in [6.45, 7) is 3.28. The van der Waals surface area contributed by atoms with E-state index in [0.29, 0.717) is 37.5 Å². The second-order valence-corrected chi connectivity index (χ2v) is 9.62. The third-order valence-corrected chi connectivity index (χ3v) is 7.01. The van der Waals surface area contributed by atoms with Gasteiger partial charge in [-0.15, -0.1) is 0 Å². The van der Waals surface area contributed by atoms with E-state index >= 15 is 0 Å². The first-order valence-corrected chi connectivity index (χ1v) is 12.4. The van der Waals surface area contributed by atoms with Crippen molar-refractivity contribution in [2.75, 3.05) is 13.2 Å². The van der Waals surface area contributed by atoms with Gasteiger partial charge in [0, 0.05) is 23.4 Å². The number of rotatable bonds is 9. The molecule has 2 heterocycles. The lowest BCUT2D eigenvalue weighted by molar-refractivity contribution is -0.243. The molecule has 1 unspecified atom stereocenters. The maximum Gasteiger partial charge on any atom is 0.198 e. The van der Waals surface area contributed by atoms with Crippen LogP contribution in [-0.2, 0) is 37.8 Å². The average Bonchev–Trinajstić information content (AvgIpc) is 3.18.